The molecule has 0 aliphatic heterocycles. The lowest BCUT2D eigenvalue weighted by Crippen LogP contribution is -2.24. The molecule has 1 saturated carbocycles. The minimum atomic E-state index is -4.42. The number of nitrogens with one attached hydrogen (secondary N) is 1. The Hall–Kier alpha value is -1.54. The van der Waals surface area contributed by atoms with Gasteiger partial charge < -0.3 is 0 Å². The molecule has 0 radical (unpaired) electrons. The molecule has 1 aliphatic rings. The molecule has 2 nitrogen and oxygen atoms in total. The van der Waals surface area contributed by atoms with Crippen molar-refractivity contribution in [1.29, 1.82) is 5.26 Å². The van der Waals surface area contributed by atoms with Crippen LogP contribution in [0.2, 0.25) is 0 Å². The first kappa shape index (κ1) is 11.9. The first-order valence-electron chi connectivity index (χ1n) is 5.34. The van der Waals surface area contributed by atoms with Crippen LogP contribution in [0.1, 0.15) is 30.0 Å². The van der Waals surface area contributed by atoms with Crippen LogP contribution < -0.4 is 5.32 Å². The fraction of sp³-hybridized carbons (Fsp3) is 0.417. The van der Waals surface area contributed by atoms with Crippen LogP contribution in [0.5, 0.6) is 0 Å². The van der Waals surface area contributed by atoms with Gasteiger partial charge in [0.2, 0.25) is 0 Å². The molecule has 1 fully saturated rings. The summed E-state index contributed by atoms with van der Waals surface area (Å²) in [6.07, 6.45) is -2.57. The van der Waals surface area contributed by atoms with Gasteiger partial charge in [-0.1, -0.05) is 18.2 Å². The van der Waals surface area contributed by atoms with Crippen molar-refractivity contribution in [2.45, 2.75) is 31.1 Å². The van der Waals surface area contributed by atoms with E-state index in [1.54, 1.807) is 0 Å². The Morgan fingerprint density at radius 2 is 1.94 bits per heavy atom. The second kappa shape index (κ2) is 4.38. The zero-order valence-corrected chi connectivity index (χ0v) is 8.96. The fourth-order valence-corrected chi connectivity index (χ4v) is 1.69. The molecule has 1 atom stereocenters. The smallest absolute Gasteiger partial charge is 0.295 e. The summed E-state index contributed by atoms with van der Waals surface area (Å²) in [5, 5.41) is 11.9. The monoisotopic (exact) mass is 240 g/mol. The van der Waals surface area contributed by atoms with Crippen LogP contribution >= 0.6 is 0 Å². The van der Waals surface area contributed by atoms with Crippen LogP contribution in [-0.4, -0.2) is 6.04 Å². The molecule has 0 aromatic heterocycles. The maximum atomic E-state index is 12.8. The third kappa shape index (κ3) is 2.77. The van der Waals surface area contributed by atoms with E-state index >= 15 is 0 Å². The van der Waals surface area contributed by atoms with Crippen LogP contribution in [0.25, 0.3) is 0 Å². The van der Waals surface area contributed by atoms with E-state index in [0.717, 1.165) is 18.9 Å². The van der Waals surface area contributed by atoms with Crippen LogP contribution in [0.4, 0.5) is 13.2 Å². The first-order valence-corrected chi connectivity index (χ1v) is 5.34. The van der Waals surface area contributed by atoms with Crippen molar-refractivity contribution >= 4 is 0 Å². The van der Waals surface area contributed by atoms with Crippen LogP contribution in [-0.2, 0) is 6.18 Å². The predicted octanol–water partition coefficient (Wildman–Crippen LogP) is 3.02. The average molecular weight is 240 g/mol. The van der Waals surface area contributed by atoms with Gasteiger partial charge in [-0.05, 0) is 24.5 Å². The van der Waals surface area contributed by atoms with Crippen molar-refractivity contribution in [2.75, 3.05) is 0 Å². The zero-order valence-electron chi connectivity index (χ0n) is 8.96. The number of rotatable bonds is 3. The van der Waals surface area contributed by atoms with Crippen molar-refractivity contribution in [2.24, 2.45) is 0 Å². The van der Waals surface area contributed by atoms with Gasteiger partial charge in [-0.3, -0.25) is 5.32 Å². The topological polar surface area (TPSA) is 35.8 Å². The van der Waals surface area contributed by atoms with E-state index in [0.29, 0.717) is 0 Å². The maximum absolute atomic E-state index is 12.8. The lowest BCUT2D eigenvalue weighted by Gasteiger charge is -2.17. The molecule has 0 spiro atoms. The van der Waals surface area contributed by atoms with Gasteiger partial charge in [-0.15, -0.1) is 0 Å². The van der Waals surface area contributed by atoms with Crippen molar-refractivity contribution in [3.05, 3.63) is 35.4 Å². The van der Waals surface area contributed by atoms with E-state index in [1.807, 2.05) is 6.07 Å². The highest BCUT2D eigenvalue weighted by Gasteiger charge is 2.36. The summed E-state index contributed by atoms with van der Waals surface area (Å²) in [6, 6.07) is 6.39. The Balaban J connectivity index is 2.32. The number of nitrogens with zero attached hydrogens (tertiary/aromatic N) is 1. The lowest BCUT2D eigenvalue weighted by atomic mass is 10.0. The van der Waals surface area contributed by atoms with Crippen LogP contribution in [0.3, 0.4) is 0 Å². The Morgan fingerprint density at radius 3 is 2.47 bits per heavy atom. The maximum Gasteiger partial charge on any atom is 0.416 e. The minimum absolute atomic E-state index is 0.00870. The van der Waals surface area contributed by atoms with Gasteiger partial charge in [0.25, 0.3) is 0 Å². The Labute approximate surface area is 97.1 Å². The van der Waals surface area contributed by atoms with E-state index in [1.165, 1.54) is 18.2 Å². The number of nitriles is 1. The molecule has 90 valence electrons. The summed E-state index contributed by atoms with van der Waals surface area (Å²) in [7, 11) is 0. The normalized spacial score (nSPS) is 17.5. The largest absolute Gasteiger partial charge is 0.416 e. The SMILES string of the molecule is N#CC(NC1CC1)c1ccccc1C(F)(F)F. The lowest BCUT2D eigenvalue weighted by molar-refractivity contribution is -0.138. The molecule has 5 heteroatoms. The molecule has 1 N–H and O–H groups in total. The summed E-state index contributed by atoms with van der Waals surface area (Å²) >= 11 is 0. The van der Waals surface area contributed by atoms with Crippen molar-refractivity contribution in [3.8, 4) is 6.07 Å². The summed E-state index contributed by atoms with van der Waals surface area (Å²) in [4.78, 5) is 0. The molecule has 0 bridgehead atoms. The van der Waals surface area contributed by atoms with Crippen LogP contribution in [0.15, 0.2) is 24.3 Å². The second-order valence-corrected chi connectivity index (χ2v) is 4.09. The number of alkyl halides is 3. The van der Waals surface area contributed by atoms with E-state index in [-0.39, 0.29) is 11.6 Å². The van der Waals surface area contributed by atoms with Gasteiger partial charge in [0.15, 0.2) is 0 Å². The van der Waals surface area contributed by atoms with Gasteiger partial charge in [-0.2, -0.15) is 18.4 Å². The number of hydrogen-bond donors (Lipinski definition) is 1. The predicted molar refractivity (Wildman–Crippen MR) is 56.0 cm³/mol. The number of benzene rings is 1. The fourth-order valence-electron chi connectivity index (χ4n) is 1.69. The molecule has 1 aromatic carbocycles. The van der Waals surface area contributed by atoms with Gasteiger partial charge >= 0.3 is 6.18 Å². The molecule has 17 heavy (non-hydrogen) atoms. The van der Waals surface area contributed by atoms with Gasteiger partial charge in [0.1, 0.15) is 6.04 Å². The highest BCUT2D eigenvalue weighted by Crippen LogP contribution is 2.35. The highest BCUT2D eigenvalue weighted by molar-refractivity contribution is 5.35. The van der Waals surface area contributed by atoms with Crippen molar-refractivity contribution < 1.29 is 13.2 Å². The van der Waals surface area contributed by atoms with Crippen molar-refractivity contribution in [3.63, 3.8) is 0 Å². The quantitative estimate of drug-likeness (QED) is 0.881. The zero-order chi connectivity index (χ0) is 12.5. The van der Waals surface area contributed by atoms with Gasteiger partial charge in [0.05, 0.1) is 11.6 Å². The van der Waals surface area contributed by atoms with E-state index in [9.17, 15) is 13.2 Å². The number of halogens is 3. The molecule has 2 rings (SSSR count). The van der Waals surface area contributed by atoms with Crippen molar-refractivity contribution in [1.82, 2.24) is 5.32 Å². The van der Waals surface area contributed by atoms with Gasteiger partial charge in [0, 0.05) is 6.04 Å². The van der Waals surface area contributed by atoms with E-state index in [2.05, 4.69) is 5.32 Å². The minimum Gasteiger partial charge on any atom is -0.295 e. The molecular formula is C12H11F3N2. The van der Waals surface area contributed by atoms with E-state index < -0.39 is 17.8 Å². The third-order valence-corrected chi connectivity index (χ3v) is 2.69. The average Bonchev–Trinajstić information content (AvgIpc) is 3.08. The molecular weight excluding hydrogens is 229 g/mol. The molecule has 0 amide bonds. The van der Waals surface area contributed by atoms with Crippen LogP contribution in [0, 0.1) is 11.3 Å². The summed E-state index contributed by atoms with van der Waals surface area (Å²) in [6.45, 7) is 0. The van der Waals surface area contributed by atoms with Gasteiger partial charge in [-0.25, -0.2) is 0 Å². The van der Waals surface area contributed by atoms with E-state index in [4.69, 9.17) is 5.26 Å². The molecule has 0 heterocycles. The highest BCUT2D eigenvalue weighted by atomic mass is 19.4. The molecule has 1 unspecified atom stereocenters. The summed E-state index contributed by atoms with van der Waals surface area (Å²) < 4.78 is 38.3. The Kier molecular flexibility index (Phi) is 3.07. The molecule has 0 saturated heterocycles. The first-order chi connectivity index (χ1) is 8.02. The Bertz CT molecular complexity index is 444. The summed E-state index contributed by atoms with van der Waals surface area (Å²) in [5.41, 5.74) is -0.728. The Morgan fingerprint density at radius 1 is 1.29 bits per heavy atom. The molecule has 1 aliphatic carbocycles. The summed E-state index contributed by atoms with van der Waals surface area (Å²) in [5.74, 6) is 0. The third-order valence-electron chi connectivity index (χ3n) is 2.69. The molecule has 1 aromatic rings. The second-order valence-electron chi connectivity index (χ2n) is 4.09. The number of hydrogen-bond acceptors (Lipinski definition) is 2. The standard InChI is InChI=1S/C12H11F3N2/c13-12(14,15)10-4-2-1-3-9(10)11(7-16)17-8-5-6-8/h1-4,8,11,17H,5-6H2.